The summed E-state index contributed by atoms with van der Waals surface area (Å²) in [6.07, 6.45) is 8.65. The summed E-state index contributed by atoms with van der Waals surface area (Å²) < 4.78 is 0. The largest absolute Gasteiger partial charge is 0.348 e. The second kappa shape index (κ2) is 5.23. The van der Waals surface area contributed by atoms with Gasteiger partial charge in [-0.1, -0.05) is 31.1 Å². The fourth-order valence-corrected chi connectivity index (χ4v) is 4.22. The van der Waals surface area contributed by atoms with E-state index < -0.39 is 0 Å². The summed E-state index contributed by atoms with van der Waals surface area (Å²) in [6.45, 7) is 2.34. The molecule has 2 aliphatic rings. The Bertz CT molecular complexity index is 467. The van der Waals surface area contributed by atoms with E-state index in [1.807, 2.05) is 0 Å². The molecule has 19 heavy (non-hydrogen) atoms. The minimum atomic E-state index is 0.558. The van der Waals surface area contributed by atoms with Gasteiger partial charge in [-0.25, -0.2) is 4.98 Å². The number of carbonyl (C=O) groups excluding carboxylic acids is 1. The molecular formula is C15H22N2OS. The smallest absolute Gasteiger partial charge is 0.186 e. The maximum Gasteiger partial charge on any atom is 0.186 e. The Morgan fingerprint density at radius 1 is 1.26 bits per heavy atom. The van der Waals surface area contributed by atoms with Gasteiger partial charge in [-0.05, 0) is 31.6 Å². The molecule has 0 bridgehead atoms. The van der Waals surface area contributed by atoms with E-state index in [0.717, 1.165) is 27.9 Å². The fraction of sp³-hybridized carbons (Fsp3) is 0.733. The van der Waals surface area contributed by atoms with Gasteiger partial charge < -0.3 is 4.90 Å². The van der Waals surface area contributed by atoms with Gasteiger partial charge in [-0.15, -0.1) is 0 Å². The molecule has 0 aliphatic heterocycles. The van der Waals surface area contributed by atoms with Crippen LogP contribution in [0.3, 0.4) is 0 Å². The number of anilines is 1. The molecule has 2 saturated carbocycles. The Kier molecular flexibility index (Phi) is 3.61. The van der Waals surface area contributed by atoms with Crippen LogP contribution in [0.5, 0.6) is 0 Å². The molecule has 1 heterocycles. The molecule has 2 unspecified atom stereocenters. The first-order chi connectivity index (χ1) is 9.20. The van der Waals surface area contributed by atoms with Gasteiger partial charge in [-0.2, -0.15) is 0 Å². The van der Waals surface area contributed by atoms with Crippen molar-refractivity contribution in [1.29, 1.82) is 0 Å². The van der Waals surface area contributed by atoms with Crippen LogP contribution in [-0.4, -0.2) is 24.4 Å². The number of thiazole rings is 1. The number of rotatable bonds is 4. The highest BCUT2D eigenvalue weighted by atomic mass is 32.1. The van der Waals surface area contributed by atoms with Crippen molar-refractivity contribution in [1.82, 2.24) is 4.98 Å². The predicted octanol–water partition coefficient (Wildman–Crippen LogP) is 3.85. The lowest BCUT2D eigenvalue weighted by molar-refractivity contribution is 0.112. The average Bonchev–Trinajstić information content (AvgIpc) is 3.18. The second-order valence-electron chi connectivity index (χ2n) is 6.08. The van der Waals surface area contributed by atoms with E-state index in [1.165, 1.54) is 38.5 Å². The zero-order valence-electron chi connectivity index (χ0n) is 11.8. The Morgan fingerprint density at radius 3 is 2.63 bits per heavy atom. The van der Waals surface area contributed by atoms with Crippen molar-refractivity contribution in [3.05, 3.63) is 10.6 Å². The molecule has 0 N–H and O–H groups in total. The first-order valence-corrected chi connectivity index (χ1v) is 8.21. The lowest BCUT2D eigenvalue weighted by Gasteiger charge is -2.36. The van der Waals surface area contributed by atoms with Crippen LogP contribution < -0.4 is 4.90 Å². The Balaban J connectivity index is 1.82. The summed E-state index contributed by atoms with van der Waals surface area (Å²) in [5.74, 6) is 1.29. The minimum Gasteiger partial charge on any atom is -0.348 e. The average molecular weight is 278 g/mol. The number of nitrogens with zero attached hydrogens (tertiary/aromatic N) is 2. The van der Waals surface area contributed by atoms with E-state index in [2.05, 4.69) is 18.9 Å². The molecule has 1 aromatic rings. The second-order valence-corrected chi connectivity index (χ2v) is 7.09. The van der Waals surface area contributed by atoms with E-state index in [1.54, 1.807) is 11.3 Å². The van der Waals surface area contributed by atoms with Crippen molar-refractivity contribution in [2.24, 2.45) is 5.92 Å². The van der Waals surface area contributed by atoms with Gasteiger partial charge in [-0.3, -0.25) is 4.79 Å². The molecule has 0 radical (unpaired) electrons. The molecule has 0 amide bonds. The van der Waals surface area contributed by atoms with Gasteiger partial charge in [0.2, 0.25) is 0 Å². The van der Waals surface area contributed by atoms with Crippen LogP contribution in [0.1, 0.15) is 66.7 Å². The van der Waals surface area contributed by atoms with E-state index in [0.29, 0.717) is 12.0 Å². The monoisotopic (exact) mass is 278 g/mol. The third kappa shape index (κ3) is 2.55. The van der Waals surface area contributed by atoms with Crippen LogP contribution >= 0.6 is 11.3 Å². The van der Waals surface area contributed by atoms with Gasteiger partial charge in [0.15, 0.2) is 11.4 Å². The summed E-state index contributed by atoms with van der Waals surface area (Å²) >= 11 is 1.58. The van der Waals surface area contributed by atoms with Crippen molar-refractivity contribution in [2.75, 3.05) is 11.9 Å². The van der Waals surface area contributed by atoms with Gasteiger partial charge >= 0.3 is 0 Å². The molecule has 1 aromatic heterocycles. The Morgan fingerprint density at radius 2 is 2.00 bits per heavy atom. The summed E-state index contributed by atoms with van der Waals surface area (Å²) in [5, 5.41) is 1.04. The molecule has 3 rings (SSSR count). The third-order valence-electron chi connectivity index (χ3n) is 4.61. The SMILES string of the molecule is CC1CCCCC1N(C)c1nc(C2CC2)c(C=O)s1. The minimum absolute atomic E-state index is 0.558. The number of hydrogen-bond donors (Lipinski definition) is 0. The van der Waals surface area contributed by atoms with Crippen LogP contribution in [0.15, 0.2) is 0 Å². The number of carbonyl (C=O) groups is 1. The van der Waals surface area contributed by atoms with E-state index in [-0.39, 0.29) is 0 Å². The third-order valence-corrected chi connectivity index (χ3v) is 5.69. The quantitative estimate of drug-likeness (QED) is 0.784. The van der Waals surface area contributed by atoms with Crippen molar-refractivity contribution in [3.63, 3.8) is 0 Å². The molecule has 2 aliphatic carbocycles. The topological polar surface area (TPSA) is 33.2 Å². The summed E-state index contributed by atoms with van der Waals surface area (Å²) in [5.41, 5.74) is 1.06. The maximum absolute atomic E-state index is 11.2. The summed E-state index contributed by atoms with van der Waals surface area (Å²) in [7, 11) is 2.15. The molecule has 2 fully saturated rings. The van der Waals surface area contributed by atoms with Crippen LogP contribution in [0, 0.1) is 5.92 Å². The zero-order valence-corrected chi connectivity index (χ0v) is 12.6. The lowest BCUT2D eigenvalue weighted by atomic mass is 9.85. The zero-order chi connectivity index (χ0) is 13.4. The van der Waals surface area contributed by atoms with Crippen molar-refractivity contribution in [2.45, 2.75) is 57.4 Å². The van der Waals surface area contributed by atoms with Crippen molar-refractivity contribution < 1.29 is 4.79 Å². The highest BCUT2D eigenvalue weighted by Gasteiger charge is 2.32. The van der Waals surface area contributed by atoms with Gasteiger partial charge in [0, 0.05) is 19.0 Å². The fourth-order valence-electron chi connectivity index (χ4n) is 3.23. The molecule has 104 valence electrons. The van der Waals surface area contributed by atoms with E-state index >= 15 is 0 Å². The van der Waals surface area contributed by atoms with Crippen LogP contribution in [0.4, 0.5) is 5.13 Å². The van der Waals surface area contributed by atoms with Crippen molar-refractivity contribution >= 4 is 22.8 Å². The molecule has 2 atom stereocenters. The van der Waals surface area contributed by atoms with Gasteiger partial charge in [0.25, 0.3) is 0 Å². The van der Waals surface area contributed by atoms with Crippen molar-refractivity contribution in [3.8, 4) is 0 Å². The number of aromatic nitrogens is 1. The highest BCUT2D eigenvalue weighted by Crippen LogP contribution is 2.44. The number of aldehydes is 1. The molecule has 0 spiro atoms. The Labute approximate surface area is 119 Å². The maximum atomic E-state index is 11.2. The first-order valence-electron chi connectivity index (χ1n) is 7.39. The number of hydrogen-bond acceptors (Lipinski definition) is 4. The predicted molar refractivity (Wildman–Crippen MR) is 79.3 cm³/mol. The van der Waals surface area contributed by atoms with Crippen LogP contribution in [0.25, 0.3) is 0 Å². The van der Waals surface area contributed by atoms with E-state index in [9.17, 15) is 4.79 Å². The standard InChI is InChI=1S/C15H22N2OS/c1-10-5-3-4-6-12(10)17(2)15-16-14(11-7-8-11)13(9-18)19-15/h9-12H,3-8H2,1-2H3. The van der Waals surface area contributed by atoms with E-state index in [4.69, 9.17) is 4.98 Å². The normalized spacial score (nSPS) is 27.3. The van der Waals surface area contributed by atoms with Gasteiger partial charge in [0.05, 0.1) is 10.6 Å². The lowest BCUT2D eigenvalue weighted by Crippen LogP contribution is -2.38. The Hall–Kier alpha value is -0.900. The molecule has 0 aromatic carbocycles. The van der Waals surface area contributed by atoms with Crippen LogP contribution in [-0.2, 0) is 0 Å². The highest BCUT2D eigenvalue weighted by molar-refractivity contribution is 7.17. The molecule has 4 heteroatoms. The molecule has 0 saturated heterocycles. The van der Waals surface area contributed by atoms with Gasteiger partial charge in [0.1, 0.15) is 0 Å². The summed E-state index contributed by atoms with van der Waals surface area (Å²) in [6, 6.07) is 0.589. The van der Waals surface area contributed by atoms with Crippen LogP contribution in [0.2, 0.25) is 0 Å². The molecule has 3 nitrogen and oxygen atoms in total. The summed E-state index contributed by atoms with van der Waals surface area (Å²) in [4.78, 5) is 19.1. The first kappa shape index (κ1) is 13.1. The molecular weight excluding hydrogens is 256 g/mol.